The molecule has 0 bridgehead atoms. The summed E-state index contributed by atoms with van der Waals surface area (Å²) >= 11 is 5.93. The molecule has 1 aromatic rings. The highest BCUT2D eigenvalue weighted by atomic mass is 35.5. The van der Waals surface area contributed by atoms with E-state index in [0.717, 1.165) is 19.3 Å². The van der Waals surface area contributed by atoms with Crippen molar-refractivity contribution in [1.29, 1.82) is 0 Å². The van der Waals surface area contributed by atoms with E-state index in [1.54, 1.807) is 18.2 Å². The molecule has 0 aliphatic carbocycles. The molecule has 0 fully saturated rings. The van der Waals surface area contributed by atoms with Crippen LogP contribution < -0.4 is 11.1 Å². The van der Waals surface area contributed by atoms with E-state index in [0.29, 0.717) is 23.0 Å². The van der Waals surface area contributed by atoms with Crippen molar-refractivity contribution < 1.29 is 9.53 Å². The Morgan fingerprint density at radius 2 is 2.22 bits per heavy atom. The van der Waals surface area contributed by atoms with Gasteiger partial charge < -0.3 is 15.8 Å². The number of benzene rings is 1. The van der Waals surface area contributed by atoms with Crippen LogP contribution in [0.5, 0.6) is 0 Å². The van der Waals surface area contributed by atoms with Gasteiger partial charge in [0.2, 0.25) is 5.91 Å². The maximum Gasteiger partial charge on any atom is 0.250 e. The fraction of sp³-hybridized carbons (Fsp3) is 0.462. The number of nitrogens with two attached hydrogens (primary N) is 1. The molecule has 5 heteroatoms. The molecule has 1 aromatic carbocycles. The summed E-state index contributed by atoms with van der Waals surface area (Å²) in [6, 6.07) is 4.95. The molecule has 0 aromatic heterocycles. The Bertz CT molecular complexity index is 397. The van der Waals surface area contributed by atoms with Gasteiger partial charge in [0.05, 0.1) is 10.7 Å². The van der Waals surface area contributed by atoms with Crippen LogP contribution in [-0.4, -0.2) is 19.1 Å². The van der Waals surface area contributed by atoms with Crippen molar-refractivity contribution in [3.05, 3.63) is 23.2 Å². The normalized spacial score (nSPS) is 10.3. The fourth-order valence-corrected chi connectivity index (χ4v) is 1.61. The molecule has 0 aliphatic heterocycles. The number of nitrogen functional groups attached to an aromatic ring is 1. The molecular formula is C13H19ClN2O2. The van der Waals surface area contributed by atoms with Gasteiger partial charge in [0.25, 0.3) is 0 Å². The van der Waals surface area contributed by atoms with E-state index < -0.39 is 0 Å². The summed E-state index contributed by atoms with van der Waals surface area (Å²) in [6.07, 6.45) is 3.22. The lowest BCUT2D eigenvalue weighted by atomic mass is 10.3. The summed E-state index contributed by atoms with van der Waals surface area (Å²) < 4.78 is 5.25. The Labute approximate surface area is 112 Å². The Hall–Kier alpha value is -1.26. The van der Waals surface area contributed by atoms with Crippen LogP contribution in [0.3, 0.4) is 0 Å². The summed E-state index contributed by atoms with van der Waals surface area (Å²) in [5, 5.41) is 3.13. The van der Waals surface area contributed by atoms with Crippen LogP contribution in [0.4, 0.5) is 11.4 Å². The highest BCUT2D eigenvalue weighted by Gasteiger charge is 2.06. The highest BCUT2D eigenvalue weighted by Crippen LogP contribution is 2.23. The van der Waals surface area contributed by atoms with Gasteiger partial charge in [0.15, 0.2) is 0 Å². The van der Waals surface area contributed by atoms with Crippen molar-refractivity contribution in [3.63, 3.8) is 0 Å². The number of hydrogen-bond acceptors (Lipinski definition) is 3. The zero-order valence-electron chi connectivity index (χ0n) is 10.5. The van der Waals surface area contributed by atoms with Crippen LogP contribution in [0.1, 0.15) is 26.2 Å². The molecule has 0 heterocycles. The van der Waals surface area contributed by atoms with Gasteiger partial charge in [0.1, 0.15) is 6.61 Å². The van der Waals surface area contributed by atoms with Gasteiger partial charge in [-0.3, -0.25) is 4.79 Å². The second-order valence-electron chi connectivity index (χ2n) is 4.05. The van der Waals surface area contributed by atoms with E-state index in [2.05, 4.69) is 12.2 Å². The Morgan fingerprint density at radius 3 is 2.94 bits per heavy atom. The minimum absolute atomic E-state index is 0.0365. The van der Waals surface area contributed by atoms with E-state index in [4.69, 9.17) is 22.1 Å². The number of halogens is 1. The van der Waals surface area contributed by atoms with Crippen LogP contribution in [-0.2, 0) is 9.53 Å². The minimum atomic E-state index is -0.223. The lowest BCUT2D eigenvalue weighted by molar-refractivity contribution is -0.120. The van der Waals surface area contributed by atoms with Gasteiger partial charge in [-0.25, -0.2) is 0 Å². The molecule has 0 spiro atoms. The molecule has 0 saturated heterocycles. The average molecular weight is 271 g/mol. The topological polar surface area (TPSA) is 64.3 Å². The summed E-state index contributed by atoms with van der Waals surface area (Å²) in [5.74, 6) is -0.223. The molecule has 4 nitrogen and oxygen atoms in total. The summed E-state index contributed by atoms with van der Waals surface area (Å²) in [6.45, 7) is 2.76. The quantitative estimate of drug-likeness (QED) is 0.591. The molecule has 100 valence electrons. The van der Waals surface area contributed by atoms with Gasteiger partial charge in [-0.15, -0.1) is 0 Å². The number of amides is 1. The number of rotatable bonds is 7. The van der Waals surface area contributed by atoms with Crippen molar-refractivity contribution in [1.82, 2.24) is 0 Å². The Kier molecular flexibility index (Phi) is 6.54. The third kappa shape index (κ3) is 5.38. The van der Waals surface area contributed by atoms with Crippen molar-refractivity contribution in [2.24, 2.45) is 0 Å². The predicted molar refractivity (Wildman–Crippen MR) is 74.8 cm³/mol. The molecule has 3 N–H and O–H groups in total. The molecular weight excluding hydrogens is 252 g/mol. The van der Waals surface area contributed by atoms with E-state index in [-0.39, 0.29) is 12.5 Å². The van der Waals surface area contributed by atoms with E-state index in [1.807, 2.05) is 0 Å². The maximum absolute atomic E-state index is 11.6. The number of nitrogens with one attached hydrogen (secondary N) is 1. The summed E-state index contributed by atoms with van der Waals surface area (Å²) in [4.78, 5) is 11.6. The van der Waals surface area contributed by atoms with Gasteiger partial charge in [-0.2, -0.15) is 0 Å². The standard InChI is InChI=1S/C13H19ClN2O2/c1-2-3-4-7-18-9-13(17)16-12-8-10(15)5-6-11(12)14/h5-6,8H,2-4,7,9,15H2,1H3,(H,16,17). The lowest BCUT2D eigenvalue weighted by Crippen LogP contribution is -2.19. The highest BCUT2D eigenvalue weighted by molar-refractivity contribution is 6.33. The summed E-state index contributed by atoms with van der Waals surface area (Å²) in [7, 11) is 0. The SMILES string of the molecule is CCCCCOCC(=O)Nc1cc(N)ccc1Cl. The number of anilines is 2. The zero-order chi connectivity index (χ0) is 13.4. The summed E-state index contributed by atoms with van der Waals surface area (Å²) in [5.41, 5.74) is 6.68. The molecule has 1 rings (SSSR count). The van der Waals surface area contributed by atoms with Gasteiger partial charge >= 0.3 is 0 Å². The van der Waals surface area contributed by atoms with Gasteiger partial charge in [0, 0.05) is 12.3 Å². The van der Waals surface area contributed by atoms with Crippen LogP contribution in [0.25, 0.3) is 0 Å². The minimum Gasteiger partial charge on any atom is -0.399 e. The number of carbonyl (C=O) groups is 1. The van der Waals surface area contributed by atoms with Crippen LogP contribution in [0.15, 0.2) is 18.2 Å². The zero-order valence-corrected chi connectivity index (χ0v) is 11.3. The molecule has 1 amide bonds. The third-order valence-electron chi connectivity index (χ3n) is 2.39. The van der Waals surface area contributed by atoms with E-state index in [9.17, 15) is 4.79 Å². The second-order valence-corrected chi connectivity index (χ2v) is 4.45. The van der Waals surface area contributed by atoms with Crippen LogP contribution in [0.2, 0.25) is 5.02 Å². The molecule has 0 unspecified atom stereocenters. The molecule has 0 aliphatic rings. The van der Waals surface area contributed by atoms with E-state index in [1.165, 1.54) is 0 Å². The molecule has 0 radical (unpaired) electrons. The third-order valence-corrected chi connectivity index (χ3v) is 2.72. The molecule has 0 saturated carbocycles. The molecule has 0 atom stereocenters. The first kappa shape index (κ1) is 14.8. The smallest absolute Gasteiger partial charge is 0.250 e. The van der Waals surface area contributed by atoms with Crippen molar-refractivity contribution in [2.45, 2.75) is 26.2 Å². The largest absolute Gasteiger partial charge is 0.399 e. The first-order valence-electron chi connectivity index (χ1n) is 6.06. The van der Waals surface area contributed by atoms with Crippen molar-refractivity contribution in [3.8, 4) is 0 Å². The number of hydrogen-bond donors (Lipinski definition) is 2. The number of unbranched alkanes of at least 4 members (excludes halogenated alkanes) is 2. The second kappa shape index (κ2) is 7.95. The maximum atomic E-state index is 11.6. The van der Waals surface area contributed by atoms with Crippen LogP contribution >= 0.6 is 11.6 Å². The Balaban J connectivity index is 2.33. The van der Waals surface area contributed by atoms with Crippen molar-refractivity contribution in [2.75, 3.05) is 24.3 Å². The number of carbonyl (C=O) groups excluding carboxylic acids is 1. The average Bonchev–Trinajstić information content (AvgIpc) is 2.33. The number of ether oxygens (including phenoxy) is 1. The Morgan fingerprint density at radius 1 is 1.44 bits per heavy atom. The van der Waals surface area contributed by atoms with Crippen LogP contribution in [0, 0.1) is 0 Å². The van der Waals surface area contributed by atoms with Gasteiger partial charge in [-0.1, -0.05) is 31.4 Å². The first-order chi connectivity index (χ1) is 8.63. The van der Waals surface area contributed by atoms with Crippen molar-refractivity contribution >= 4 is 28.9 Å². The monoisotopic (exact) mass is 270 g/mol. The predicted octanol–water partition coefficient (Wildman–Crippen LogP) is 3.07. The van der Waals surface area contributed by atoms with Gasteiger partial charge in [-0.05, 0) is 24.6 Å². The van der Waals surface area contributed by atoms with E-state index >= 15 is 0 Å². The first-order valence-corrected chi connectivity index (χ1v) is 6.44. The lowest BCUT2D eigenvalue weighted by Gasteiger charge is -2.08. The molecule has 18 heavy (non-hydrogen) atoms. The fourth-order valence-electron chi connectivity index (χ4n) is 1.44.